The molecule has 144 valence electrons. The number of amides is 2. The van der Waals surface area contributed by atoms with Gasteiger partial charge >= 0.3 is 5.97 Å². The Labute approximate surface area is 159 Å². The number of anilines is 1. The van der Waals surface area contributed by atoms with Crippen LogP contribution in [0, 0.1) is 11.3 Å². The lowest BCUT2D eigenvalue weighted by atomic mass is 9.92. The molecule has 0 aliphatic rings. The average molecular weight is 383 g/mol. The fourth-order valence-corrected chi connectivity index (χ4v) is 2.57. The number of hydrogen-bond donors (Lipinski definition) is 3. The van der Waals surface area contributed by atoms with E-state index in [-0.39, 0.29) is 27.8 Å². The van der Waals surface area contributed by atoms with Gasteiger partial charge in [0.1, 0.15) is 6.04 Å². The second-order valence-corrected chi connectivity index (χ2v) is 8.06. The van der Waals surface area contributed by atoms with Crippen LogP contribution in [0.3, 0.4) is 0 Å². The Morgan fingerprint density at radius 2 is 1.85 bits per heavy atom. The molecule has 0 spiro atoms. The molecular weight excluding hydrogens is 356 g/mol. The minimum atomic E-state index is -1.10. The fourth-order valence-electron chi connectivity index (χ4n) is 2.37. The number of benzene rings is 1. The number of rotatable bonds is 7. The molecular formula is C19H27ClN2O4. The van der Waals surface area contributed by atoms with Crippen molar-refractivity contribution in [3.63, 3.8) is 0 Å². The molecule has 0 aliphatic heterocycles. The summed E-state index contributed by atoms with van der Waals surface area (Å²) in [4.78, 5) is 36.0. The normalized spacial score (nSPS) is 13.6. The van der Waals surface area contributed by atoms with E-state index in [9.17, 15) is 19.5 Å². The highest BCUT2D eigenvalue weighted by atomic mass is 35.5. The van der Waals surface area contributed by atoms with E-state index in [0.29, 0.717) is 18.5 Å². The summed E-state index contributed by atoms with van der Waals surface area (Å²) in [7, 11) is 0. The van der Waals surface area contributed by atoms with Crippen LogP contribution in [0.4, 0.5) is 5.69 Å². The summed E-state index contributed by atoms with van der Waals surface area (Å²) in [5.74, 6) is -2.09. The predicted molar refractivity (Wildman–Crippen MR) is 102 cm³/mol. The van der Waals surface area contributed by atoms with Gasteiger partial charge in [0.2, 0.25) is 5.91 Å². The Morgan fingerprint density at radius 1 is 1.23 bits per heavy atom. The van der Waals surface area contributed by atoms with E-state index in [0.717, 1.165) is 0 Å². The van der Waals surface area contributed by atoms with E-state index in [1.165, 1.54) is 12.1 Å². The molecule has 0 saturated carbocycles. The third-order valence-electron chi connectivity index (χ3n) is 3.95. The highest BCUT2D eigenvalue weighted by molar-refractivity contribution is 6.34. The molecule has 0 aliphatic carbocycles. The van der Waals surface area contributed by atoms with Crippen molar-refractivity contribution in [2.45, 2.75) is 53.5 Å². The summed E-state index contributed by atoms with van der Waals surface area (Å²) >= 11 is 6.09. The van der Waals surface area contributed by atoms with Gasteiger partial charge in [-0.25, -0.2) is 4.79 Å². The van der Waals surface area contributed by atoms with Gasteiger partial charge in [-0.3, -0.25) is 9.59 Å². The van der Waals surface area contributed by atoms with E-state index in [4.69, 9.17) is 11.6 Å². The van der Waals surface area contributed by atoms with Crippen LogP contribution in [0.1, 0.15) is 57.8 Å². The highest BCUT2D eigenvalue weighted by Gasteiger charge is 2.26. The molecule has 1 aromatic rings. The minimum absolute atomic E-state index is 0.120. The molecule has 2 unspecified atom stereocenters. The van der Waals surface area contributed by atoms with Crippen LogP contribution in [0.25, 0.3) is 0 Å². The molecule has 7 heteroatoms. The summed E-state index contributed by atoms with van der Waals surface area (Å²) in [6, 6.07) is 3.54. The smallest absolute Gasteiger partial charge is 0.326 e. The molecule has 3 N–H and O–H groups in total. The van der Waals surface area contributed by atoms with Gasteiger partial charge in [0, 0.05) is 12.1 Å². The number of halogens is 1. The zero-order chi connectivity index (χ0) is 20.1. The number of carbonyl (C=O) groups is 3. The monoisotopic (exact) mass is 382 g/mol. The van der Waals surface area contributed by atoms with Gasteiger partial charge in [-0.2, -0.15) is 0 Å². The van der Waals surface area contributed by atoms with Crippen molar-refractivity contribution in [3.05, 3.63) is 28.8 Å². The van der Waals surface area contributed by atoms with E-state index >= 15 is 0 Å². The Bertz CT molecular complexity index is 683. The van der Waals surface area contributed by atoms with Crippen LogP contribution in [-0.4, -0.2) is 28.9 Å². The summed E-state index contributed by atoms with van der Waals surface area (Å²) in [6.45, 7) is 9.46. The van der Waals surface area contributed by atoms with Gasteiger partial charge in [0.25, 0.3) is 5.91 Å². The summed E-state index contributed by atoms with van der Waals surface area (Å²) in [5.41, 5.74) is 0.390. The van der Waals surface area contributed by atoms with Crippen LogP contribution in [-0.2, 0) is 9.59 Å². The lowest BCUT2D eigenvalue weighted by molar-refractivity contribution is -0.140. The van der Waals surface area contributed by atoms with Crippen molar-refractivity contribution in [1.29, 1.82) is 0 Å². The molecule has 1 aromatic carbocycles. The molecule has 0 aromatic heterocycles. The van der Waals surface area contributed by atoms with Gasteiger partial charge in [-0.15, -0.1) is 0 Å². The van der Waals surface area contributed by atoms with Crippen molar-refractivity contribution in [1.82, 2.24) is 5.32 Å². The van der Waals surface area contributed by atoms with E-state index in [2.05, 4.69) is 10.6 Å². The quantitative estimate of drug-likeness (QED) is 0.665. The Hall–Kier alpha value is -2.08. The van der Waals surface area contributed by atoms with Crippen LogP contribution >= 0.6 is 11.6 Å². The summed E-state index contributed by atoms with van der Waals surface area (Å²) in [5, 5.41) is 14.7. The van der Waals surface area contributed by atoms with Crippen LogP contribution in [0.15, 0.2) is 18.2 Å². The molecule has 2 atom stereocenters. The summed E-state index contributed by atoms with van der Waals surface area (Å²) < 4.78 is 0. The van der Waals surface area contributed by atoms with Gasteiger partial charge in [0.15, 0.2) is 0 Å². The number of carboxylic acids is 1. The number of carbonyl (C=O) groups excluding carboxylic acids is 2. The topological polar surface area (TPSA) is 95.5 Å². The minimum Gasteiger partial charge on any atom is -0.480 e. The number of aliphatic carboxylic acids is 1. The van der Waals surface area contributed by atoms with Crippen LogP contribution in [0.5, 0.6) is 0 Å². The average Bonchev–Trinajstić information content (AvgIpc) is 2.51. The van der Waals surface area contributed by atoms with Gasteiger partial charge in [-0.1, -0.05) is 52.6 Å². The Balaban J connectivity index is 2.97. The maximum Gasteiger partial charge on any atom is 0.326 e. The third-order valence-corrected chi connectivity index (χ3v) is 4.28. The largest absolute Gasteiger partial charge is 0.480 e. The maximum atomic E-state index is 12.5. The molecule has 26 heavy (non-hydrogen) atoms. The van der Waals surface area contributed by atoms with E-state index < -0.39 is 17.9 Å². The molecule has 0 fully saturated rings. The first-order valence-corrected chi connectivity index (χ1v) is 8.95. The molecule has 1 rings (SSSR count). The number of hydrogen-bond acceptors (Lipinski definition) is 3. The molecule has 0 heterocycles. The first-order chi connectivity index (χ1) is 11.9. The number of carboxylic acid groups (broad SMARTS) is 1. The van der Waals surface area contributed by atoms with E-state index in [1.807, 2.05) is 27.7 Å². The Kier molecular flexibility index (Phi) is 7.63. The lowest BCUT2D eigenvalue weighted by Crippen LogP contribution is -2.45. The molecule has 6 nitrogen and oxygen atoms in total. The molecule has 2 amide bonds. The predicted octanol–water partition coefficient (Wildman–Crippen LogP) is 3.94. The first kappa shape index (κ1) is 22.0. The maximum absolute atomic E-state index is 12.5. The van der Waals surface area contributed by atoms with Crippen molar-refractivity contribution in [2.24, 2.45) is 11.3 Å². The van der Waals surface area contributed by atoms with Crippen LogP contribution < -0.4 is 10.6 Å². The van der Waals surface area contributed by atoms with Gasteiger partial charge in [0.05, 0.1) is 10.6 Å². The fraction of sp³-hybridized carbons (Fsp3) is 0.526. The van der Waals surface area contributed by atoms with Crippen molar-refractivity contribution in [2.75, 3.05) is 5.32 Å². The Morgan fingerprint density at radius 3 is 2.35 bits per heavy atom. The zero-order valence-electron chi connectivity index (χ0n) is 15.9. The number of nitrogens with one attached hydrogen (secondary N) is 2. The standard InChI is InChI=1S/C19H27ClN2O4/c1-6-11(2)16(18(25)26)22-17(24)13-9-12(7-8-14(13)20)21-15(23)10-19(3,4)5/h7-9,11,16H,6,10H2,1-5H3,(H,21,23)(H,22,24)(H,25,26). The molecule has 0 saturated heterocycles. The molecule has 0 radical (unpaired) electrons. The molecule has 0 bridgehead atoms. The van der Waals surface area contributed by atoms with Crippen LogP contribution in [0.2, 0.25) is 5.02 Å². The lowest BCUT2D eigenvalue weighted by Gasteiger charge is -2.21. The van der Waals surface area contributed by atoms with Gasteiger partial charge in [-0.05, 0) is 29.5 Å². The van der Waals surface area contributed by atoms with Crippen molar-refractivity contribution >= 4 is 35.1 Å². The first-order valence-electron chi connectivity index (χ1n) is 8.57. The third kappa shape index (κ3) is 6.67. The van der Waals surface area contributed by atoms with E-state index in [1.54, 1.807) is 13.0 Å². The van der Waals surface area contributed by atoms with Gasteiger partial charge < -0.3 is 15.7 Å². The summed E-state index contributed by atoms with van der Waals surface area (Å²) in [6.07, 6.45) is 0.931. The SMILES string of the molecule is CCC(C)C(NC(=O)c1cc(NC(=O)CC(C)(C)C)ccc1Cl)C(=O)O. The second kappa shape index (κ2) is 9.03. The van der Waals surface area contributed by atoms with Crippen molar-refractivity contribution < 1.29 is 19.5 Å². The second-order valence-electron chi connectivity index (χ2n) is 7.66. The highest BCUT2D eigenvalue weighted by Crippen LogP contribution is 2.23. The van der Waals surface area contributed by atoms with Crippen molar-refractivity contribution in [3.8, 4) is 0 Å². The zero-order valence-corrected chi connectivity index (χ0v) is 16.6.